The lowest BCUT2D eigenvalue weighted by Gasteiger charge is -2.35. The zero-order valence-electron chi connectivity index (χ0n) is 24.1. The maximum absolute atomic E-state index is 12.1. The lowest BCUT2D eigenvalue weighted by molar-refractivity contribution is 0.00806. The van der Waals surface area contributed by atoms with Gasteiger partial charge in [-0.15, -0.1) is 22.7 Å². The van der Waals surface area contributed by atoms with Crippen LogP contribution in [-0.4, -0.2) is 74.0 Å². The number of aliphatic hydroxyl groups is 1. The summed E-state index contributed by atoms with van der Waals surface area (Å²) in [6.45, 7) is 8.91. The van der Waals surface area contributed by atoms with Gasteiger partial charge >= 0.3 is 18.0 Å². The van der Waals surface area contributed by atoms with E-state index in [-0.39, 0.29) is 18.0 Å². The van der Waals surface area contributed by atoms with Gasteiger partial charge in [0.05, 0.1) is 20.3 Å². The van der Waals surface area contributed by atoms with Gasteiger partial charge in [-0.3, -0.25) is 0 Å². The van der Waals surface area contributed by atoms with E-state index in [9.17, 15) is 19.5 Å². The maximum atomic E-state index is 12.1. The second-order valence-electron chi connectivity index (χ2n) is 11.1. The van der Waals surface area contributed by atoms with Crippen molar-refractivity contribution in [3.63, 3.8) is 0 Å². The summed E-state index contributed by atoms with van der Waals surface area (Å²) >= 11 is 2.82. The van der Waals surface area contributed by atoms with Crippen molar-refractivity contribution in [3.05, 3.63) is 43.8 Å². The van der Waals surface area contributed by atoms with E-state index < -0.39 is 17.7 Å². The van der Waals surface area contributed by atoms with Crippen LogP contribution >= 0.6 is 22.7 Å². The Morgan fingerprint density at radius 3 is 2.10 bits per heavy atom. The third kappa shape index (κ3) is 9.57. The number of rotatable bonds is 6. The minimum absolute atomic E-state index is 0.0628. The number of ether oxygens (including phenoxy) is 3. The lowest BCUT2D eigenvalue weighted by atomic mass is 9.90. The molecule has 2 saturated heterocycles. The first kappa shape index (κ1) is 32.0. The third-order valence-corrected chi connectivity index (χ3v) is 9.16. The zero-order valence-corrected chi connectivity index (χ0v) is 25.7. The van der Waals surface area contributed by atoms with Gasteiger partial charge in [-0.05, 0) is 102 Å². The number of carbonyl (C=O) groups is 3. The second kappa shape index (κ2) is 15.0. The number of hydrogen-bond donors (Lipinski definition) is 2. The average molecular weight is 595 g/mol. The number of thiophene rings is 2. The van der Waals surface area contributed by atoms with E-state index in [0.29, 0.717) is 35.7 Å². The van der Waals surface area contributed by atoms with E-state index in [0.717, 1.165) is 30.3 Å². The SMILES string of the molecule is COC(=O)c1ccc(C(O)C2CCN(C(=O)OC(C)(C)C)CC2)s1.COC(=O)c1ccc(CC2CCNCC2)s1. The van der Waals surface area contributed by atoms with Crippen molar-refractivity contribution in [1.82, 2.24) is 10.2 Å². The Hall–Kier alpha value is -2.47. The van der Waals surface area contributed by atoms with Gasteiger partial charge in [0.15, 0.2) is 0 Å². The Balaban J connectivity index is 0.000000238. The van der Waals surface area contributed by atoms with Crippen molar-refractivity contribution in [1.29, 1.82) is 0 Å². The first-order valence-corrected chi connectivity index (χ1v) is 15.4. The van der Waals surface area contributed by atoms with Crippen LogP contribution in [0.3, 0.4) is 0 Å². The van der Waals surface area contributed by atoms with Gasteiger partial charge in [0.1, 0.15) is 15.4 Å². The molecule has 2 aromatic rings. The molecule has 40 heavy (non-hydrogen) atoms. The van der Waals surface area contributed by atoms with Crippen molar-refractivity contribution in [2.45, 2.75) is 64.6 Å². The van der Waals surface area contributed by atoms with Crippen LogP contribution in [0.25, 0.3) is 0 Å². The molecular formula is C29H42N2O7S2. The van der Waals surface area contributed by atoms with Gasteiger partial charge in [0, 0.05) is 22.8 Å². The lowest BCUT2D eigenvalue weighted by Crippen LogP contribution is -2.42. The zero-order chi connectivity index (χ0) is 29.3. The summed E-state index contributed by atoms with van der Waals surface area (Å²) in [5.74, 6) is 0.220. The largest absolute Gasteiger partial charge is 0.465 e. The minimum atomic E-state index is -0.630. The number of nitrogens with zero attached hydrogens (tertiary/aromatic N) is 1. The average Bonchev–Trinajstić information content (AvgIpc) is 3.62. The summed E-state index contributed by atoms with van der Waals surface area (Å²) in [6, 6.07) is 7.36. The Labute approximate surface area is 244 Å². The molecular weight excluding hydrogens is 552 g/mol. The van der Waals surface area contributed by atoms with E-state index in [1.54, 1.807) is 28.4 Å². The van der Waals surface area contributed by atoms with E-state index in [1.807, 2.05) is 26.8 Å². The van der Waals surface area contributed by atoms with Gasteiger partial charge in [-0.1, -0.05) is 0 Å². The number of carbonyl (C=O) groups excluding carboxylic acids is 3. The predicted octanol–water partition coefficient (Wildman–Crippen LogP) is 5.29. The number of nitrogens with one attached hydrogen (secondary N) is 1. The highest BCUT2D eigenvalue weighted by Gasteiger charge is 2.31. The number of esters is 2. The fourth-order valence-corrected chi connectivity index (χ4v) is 6.79. The summed E-state index contributed by atoms with van der Waals surface area (Å²) in [5.41, 5.74) is -0.505. The summed E-state index contributed by atoms with van der Waals surface area (Å²) < 4.78 is 14.8. The van der Waals surface area contributed by atoms with Gasteiger partial charge in [-0.25, -0.2) is 14.4 Å². The molecule has 0 aromatic carbocycles. The first-order valence-electron chi connectivity index (χ1n) is 13.7. The molecule has 1 unspecified atom stereocenters. The molecule has 2 aliphatic rings. The van der Waals surface area contributed by atoms with Gasteiger partial charge < -0.3 is 29.5 Å². The van der Waals surface area contributed by atoms with Gasteiger partial charge in [0.25, 0.3) is 0 Å². The van der Waals surface area contributed by atoms with Crippen LogP contribution in [0.1, 0.15) is 81.7 Å². The summed E-state index contributed by atoms with van der Waals surface area (Å²) in [4.78, 5) is 39.8. The molecule has 2 aliphatic heterocycles. The van der Waals surface area contributed by atoms with Crippen molar-refractivity contribution in [2.24, 2.45) is 11.8 Å². The molecule has 4 heterocycles. The topological polar surface area (TPSA) is 114 Å². The Morgan fingerprint density at radius 2 is 1.52 bits per heavy atom. The molecule has 9 nitrogen and oxygen atoms in total. The van der Waals surface area contributed by atoms with E-state index in [4.69, 9.17) is 9.47 Å². The number of amides is 1. The van der Waals surface area contributed by atoms with Crippen LogP contribution in [0.5, 0.6) is 0 Å². The van der Waals surface area contributed by atoms with Gasteiger partial charge in [0.2, 0.25) is 0 Å². The molecule has 0 aliphatic carbocycles. The standard InChI is InChI=1S/C17H25NO5S.C12H17NO2S/c1-17(2,3)23-16(21)18-9-7-11(8-10-18)14(19)12-5-6-13(24-12)15(20)22-4;1-15-12(14)11-3-2-10(16-11)8-9-4-6-13-7-5-9/h5-6,11,14,19H,7-10H2,1-4H3;2-3,9,13H,4-8H2,1H3. The van der Waals surface area contributed by atoms with E-state index in [2.05, 4.69) is 16.1 Å². The molecule has 4 rings (SSSR count). The molecule has 2 N–H and O–H groups in total. The molecule has 11 heteroatoms. The third-order valence-electron chi connectivity index (χ3n) is 6.94. The molecule has 222 valence electrons. The van der Waals surface area contributed by atoms with E-state index in [1.165, 1.54) is 43.3 Å². The molecule has 0 radical (unpaired) electrons. The monoisotopic (exact) mass is 594 g/mol. The molecule has 0 saturated carbocycles. The molecule has 0 bridgehead atoms. The minimum Gasteiger partial charge on any atom is -0.465 e. The first-order chi connectivity index (χ1) is 19.0. The van der Waals surface area contributed by atoms with Crippen molar-refractivity contribution >= 4 is 40.7 Å². The summed E-state index contributed by atoms with van der Waals surface area (Å²) in [7, 11) is 2.76. The number of piperidine rings is 2. The maximum Gasteiger partial charge on any atom is 0.410 e. The smallest absolute Gasteiger partial charge is 0.410 e. The van der Waals surface area contributed by atoms with Crippen molar-refractivity contribution in [3.8, 4) is 0 Å². The van der Waals surface area contributed by atoms with Gasteiger partial charge in [-0.2, -0.15) is 0 Å². The Morgan fingerprint density at radius 1 is 0.950 bits per heavy atom. The van der Waals surface area contributed by atoms with Crippen LogP contribution in [0.2, 0.25) is 0 Å². The number of aliphatic hydroxyl groups excluding tert-OH is 1. The van der Waals surface area contributed by atoms with Crippen LogP contribution < -0.4 is 5.32 Å². The number of methoxy groups -OCH3 is 2. The van der Waals surface area contributed by atoms with E-state index >= 15 is 0 Å². The highest BCUT2D eigenvalue weighted by atomic mass is 32.1. The van der Waals surface area contributed by atoms with Crippen molar-refractivity contribution < 1.29 is 33.7 Å². The van der Waals surface area contributed by atoms with Crippen LogP contribution in [0.15, 0.2) is 24.3 Å². The highest BCUT2D eigenvalue weighted by molar-refractivity contribution is 7.14. The predicted molar refractivity (Wildman–Crippen MR) is 156 cm³/mol. The number of likely N-dealkylation sites (tertiary alicyclic amines) is 1. The quantitative estimate of drug-likeness (QED) is 0.343. The molecule has 2 aromatic heterocycles. The summed E-state index contributed by atoms with van der Waals surface area (Å²) in [5, 5.41) is 13.9. The molecule has 2 fully saturated rings. The Bertz CT molecular complexity index is 1110. The number of hydrogen-bond acceptors (Lipinski definition) is 10. The molecule has 0 spiro atoms. The highest BCUT2D eigenvalue weighted by Crippen LogP contribution is 2.35. The van der Waals surface area contributed by atoms with Crippen molar-refractivity contribution in [2.75, 3.05) is 40.4 Å². The Kier molecular flexibility index (Phi) is 12.0. The van der Waals surface area contributed by atoms with Crippen LogP contribution in [0, 0.1) is 11.8 Å². The molecule has 1 atom stereocenters. The summed E-state index contributed by atoms with van der Waals surface area (Å²) in [6.07, 6.45) is 4.05. The van der Waals surface area contributed by atoms with Crippen LogP contribution in [-0.2, 0) is 20.6 Å². The van der Waals surface area contributed by atoms with Crippen LogP contribution in [0.4, 0.5) is 4.79 Å². The molecule has 1 amide bonds. The fourth-order valence-electron chi connectivity index (χ4n) is 4.75. The normalized spacial score (nSPS) is 17.4. The fraction of sp³-hybridized carbons (Fsp3) is 0.621. The second-order valence-corrected chi connectivity index (χ2v) is 13.4.